The Morgan fingerprint density at radius 1 is 1.04 bits per heavy atom. The molecule has 1 saturated heterocycles. The first-order chi connectivity index (χ1) is 11.9. The minimum absolute atomic E-state index is 0.251. The highest BCUT2D eigenvalue weighted by Gasteiger charge is 2.45. The van der Waals surface area contributed by atoms with E-state index in [-0.39, 0.29) is 23.1 Å². The first-order valence-corrected chi connectivity index (χ1v) is 8.53. The number of rotatable bonds is 3. The molecule has 4 nitrogen and oxygen atoms in total. The fourth-order valence-electron chi connectivity index (χ4n) is 3.16. The van der Waals surface area contributed by atoms with Crippen LogP contribution in [0.15, 0.2) is 48.5 Å². The minimum Gasteiger partial charge on any atom is -0.293 e. The van der Waals surface area contributed by atoms with E-state index < -0.39 is 17.9 Å². The van der Waals surface area contributed by atoms with Gasteiger partial charge in [0, 0.05) is 12.5 Å². The Bertz CT molecular complexity index is 851. The molecule has 1 aliphatic rings. The van der Waals surface area contributed by atoms with Gasteiger partial charge in [-0.05, 0) is 30.2 Å². The van der Waals surface area contributed by atoms with Gasteiger partial charge in [-0.2, -0.15) is 0 Å². The molecule has 0 aromatic heterocycles. The molecule has 2 aromatic carbocycles. The molecule has 1 heterocycles. The first kappa shape index (κ1) is 17.6. The highest BCUT2D eigenvalue weighted by atomic mass is 35.5. The normalized spacial score (nSPS) is 20.0. The van der Waals surface area contributed by atoms with Crippen molar-refractivity contribution in [2.45, 2.75) is 19.4 Å². The Balaban J connectivity index is 1.94. The lowest BCUT2D eigenvalue weighted by atomic mass is 9.93. The molecule has 2 aromatic rings. The minimum atomic E-state index is -0.911. The number of carbonyl (C=O) groups is 3. The maximum absolute atomic E-state index is 12.8. The maximum Gasteiger partial charge on any atom is 0.240 e. The summed E-state index contributed by atoms with van der Waals surface area (Å²) in [6, 6.07) is 13.3. The molecule has 1 fully saturated rings. The molecule has 0 aliphatic carbocycles. The molecule has 0 N–H and O–H groups in total. The van der Waals surface area contributed by atoms with Gasteiger partial charge in [-0.1, -0.05) is 53.5 Å². The van der Waals surface area contributed by atoms with Crippen molar-refractivity contribution in [3.05, 3.63) is 69.7 Å². The molecule has 2 amide bonds. The quantitative estimate of drug-likeness (QED) is 0.593. The summed E-state index contributed by atoms with van der Waals surface area (Å²) < 4.78 is 0. The number of ketones is 1. The van der Waals surface area contributed by atoms with E-state index in [9.17, 15) is 14.4 Å². The fraction of sp³-hybridized carbons (Fsp3) is 0.211. The average molecular weight is 376 g/mol. The SMILES string of the molecule is CC(=O)N1C(=O)C(C(=O)c2ccc(Cl)c(Cl)c2)CC1c1ccccc1. The topological polar surface area (TPSA) is 54.5 Å². The van der Waals surface area contributed by atoms with Crippen molar-refractivity contribution in [3.8, 4) is 0 Å². The van der Waals surface area contributed by atoms with Crippen LogP contribution < -0.4 is 0 Å². The van der Waals surface area contributed by atoms with E-state index in [1.165, 1.54) is 30.0 Å². The summed E-state index contributed by atoms with van der Waals surface area (Å²) in [6.07, 6.45) is 0.251. The molecule has 0 saturated carbocycles. The molecule has 1 aliphatic heterocycles. The van der Waals surface area contributed by atoms with Gasteiger partial charge < -0.3 is 0 Å². The lowest BCUT2D eigenvalue weighted by Gasteiger charge is -2.21. The number of benzene rings is 2. The highest BCUT2D eigenvalue weighted by Crippen LogP contribution is 2.38. The summed E-state index contributed by atoms with van der Waals surface area (Å²) in [6.45, 7) is 1.33. The van der Waals surface area contributed by atoms with Gasteiger partial charge in [-0.3, -0.25) is 19.3 Å². The van der Waals surface area contributed by atoms with Crippen LogP contribution >= 0.6 is 23.2 Å². The van der Waals surface area contributed by atoms with Crippen LogP contribution in [0.2, 0.25) is 10.0 Å². The van der Waals surface area contributed by atoms with E-state index in [1.807, 2.05) is 30.3 Å². The zero-order valence-electron chi connectivity index (χ0n) is 13.4. The number of amides is 2. The number of halogens is 2. The number of imide groups is 1. The predicted octanol–water partition coefficient (Wildman–Crippen LogP) is 4.31. The zero-order chi connectivity index (χ0) is 18.1. The first-order valence-electron chi connectivity index (χ1n) is 7.78. The Labute approximate surface area is 155 Å². The highest BCUT2D eigenvalue weighted by molar-refractivity contribution is 6.42. The van der Waals surface area contributed by atoms with Crippen LogP contribution in [0.4, 0.5) is 0 Å². The second kappa shape index (κ2) is 6.98. The molecule has 2 atom stereocenters. The van der Waals surface area contributed by atoms with Crippen LogP contribution in [0.5, 0.6) is 0 Å². The smallest absolute Gasteiger partial charge is 0.240 e. The molecule has 128 valence electrons. The monoisotopic (exact) mass is 375 g/mol. The van der Waals surface area contributed by atoms with Gasteiger partial charge in [0.15, 0.2) is 5.78 Å². The molecule has 0 bridgehead atoms. The van der Waals surface area contributed by atoms with Crippen LogP contribution in [0, 0.1) is 5.92 Å². The Kier molecular flexibility index (Phi) is 4.93. The number of hydrogen-bond acceptors (Lipinski definition) is 3. The number of Topliss-reactive ketones (excluding diaryl/α,β-unsaturated/α-hetero) is 1. The van der Waals surface area contributed by atoms with Gasteiger partial charge >= 0.3 is 0 Å². The zero-order valence-corrected chi connectivity index (χ0v) is 14.9. The van der Waals surface area contributed by atoms with E-state index in [2.05, 4.69) is 0 Å². The Morgan fingerprint density at radius 3 is 2.32 bits per heavy atom. The number of likely N-dealkylation sites (tertiary alicyclic amines) is 1. The summed E-state index contributed by atoms with van der Waals surface area (Å²) in [4.78, 5) is 38.7. The van der Waals surface area contributed by atoms with Crippen LogP contribution in [0.3, 0.4) is 0 Å². The third kappa shape index (κ3) is 3.32. The van der Waals surface area contributed by atoms with E-state index in [0.717, 1.165) is 5.56 Å². The maximum atomic E-state index is 12.8. The molecule has 3 rings (SSSR count). The van der Waals surface area contributed by atoms with Crippen molar-refractivity contribution >= 4 is 40.8 Å². The molecular formula is C19H15Cl2NO3. The molecule has 6 heteroatoms. The Hall–Kier alpha value is -2.17. The molecule has 0 spiro atoms. The standard InChI is InChI=1S/C19H15Cl2NO3/c1-11(23)22-17(12-5-3-2-4-6-12)10-14(19(22)25)18(24)13-7-8-15(20)16(21)9-13/h2-9,14,17H,10H2,1H3. The summed E-state index contributed by atoms with van der Waals surface area (Å²) in [5.41, 5.74) is 1.14. The van der Waals surface area contributed by atoms with Gasteiger partial charge in [-0.25, -0.2) is 0 Å². The van der Waals surface area contributed by atoms with Gasteiger partial charge in [0.05, 0.1) is 16.1 Å². The lowest BCUT2D eigenvalue weighted by Crippen LogP contribution is -2.35. The fourth-order valence-corrected chi connectivity index (χ4v) is 3.45. The third-order valence-corrected chi connectivity index (χ3v) is 5.09. The van der Waals surface area contributed by atoms with E-state index in [1.54, 1.807) is 0 Å². The second-order valence-electron chi connectivity index (χ2n) is 5.94. The van der Waals surface area contributed by atoms with Crippen molar-refractivity contribution in [2.75, 3.05) is 0 Å². The Morgan fingerprint density at radius 2 is 1.72 bits per heavy atom. The van der Waals surface area contributed by atoms with Crippen molar-refractivity contribution < 1.29 is 14.4 Å². The number of carbonyl (C=O) groups excluding carboxylic acids is 3. The molecule has 0 radical (unpaired) electrons. The predicted molar refractivity (Wildman–Crippen MR) is 95.6 cm³/mol. The van der Waals surface area contributed by atoms with Gasteiger partial charge in [-0.15, -0.1) is 0 Å². The van der Waals surface area contributed by atoms with Gasteiger partial charge in [0.2, 0.25) is 11.8 Å². The largest absolute Gasteiger partial charge is 0.293 e. The molecular weight excluding hydrogens is 361 g/mol. The average Bonchev–Trinajstić information content (AvgIpc) is 2.95. The van der Waals surface area contributed by atoms with E-state index >= 15 is 0 Å². The van der Waals surface area contributed by atoms with Crippen LogP contribution in [0.25, 0.3) is 0 Å². The summed E-state index contributed by atoms with van der Waals surface area (Å²) in [5, 5.41) is 0.587. The number of hydrogen-bond donors (Lipinski definition) is 0. The van der Waals surface area contributed by atoms with E-state index in [4.69, 9.17) is 23.2 Å². The van der Waals surface area contributed by atoms with Crippen LogP contribution in [-0.2, 0) is 9.59 Å². The lowest BCUT2D eigenvalue weighted by molar-refractivity contribution is -0.143. The van der Waals surface area contributed by atoms with Crippen LogP contribution in [-0.4, -0.2) is 22.5 Å². The molecule has 2 unspecified atom stereocenters. The number of nitrogens with zero attached hydrogens (tertiary/aromatic N) is 1. The van der Waals surface area contributed by atoms with Crippen molar-refractivity contribution in [2.24, 2.45) is 5.92 Å². The van der Waals surface area contributed by atoms with Gasteiger partial charge in [0.25, 0.3) is 0 Å². The van der Waals surface area contributed by atoms with Crippen LogP contribution in [0.1, 0.15) is 35.3 Å². The summed E-state index contributed by atoms with van der Waals surface area (Å²) in [5.74, 6) is -2.11. The third-order valence-electron chi connectivity index (χ3n) is 4.35. The van der Waals surface area contributed by atoms with Gasteiger partial charge in [0.1, 0.15) is 5.92 Å². The summed E-state index contributed by atoms with van der Waals surface area (Å²) >= 11 is 11.8. The summed E-state index contributed by atoms with van der Waals surface area (Å²) in [7, 11) is 0. The van der Waals surface area contributed by atoms with Crippen molar-refractivity contribution in [1.29, 1.82) is 0 Å². The second-order valence-corrected chi connectivity index (χ2v) is 6.75. The van der Waals surface area contributed by atoms with Crippen molar-refractivity contribution in [3.63, 3.8) is 0 Å². The van der Waals surface area contributed by atoms with Crippen molar-refractivity contribution in [1.82, 2.24) is 4.90 Å². The molecule has 25 heavy (non-hydrogen) atoms. The van der Waals surface area contributed by atoms with E-state index in [0.29, 0.717) is 10.6 Å².